The summed E-state index contributed by atoms with van der Waals surface area (Å²) in [5.74, 6) is 0.609. The molecule has 2 rings (SSSR count). The van der Waals surface area contributed by atoms with Gasteiger partial charge in [0.2, 0.25) is 0 Å². The first-order valence-electron chi connectivity index (χ1n) is 5.44. The van der Waals surface area contributed by atoms with E-state index in [2.05, 4.69) is 0 Å². The maximum atomic E-state index is 14.1. The van der Waals surface area contributed by atoms with Gasteiger partial charge in [-0.3, -0.25) is 0 Å². The maximum Gasteiger partial charge on any atom is 0.130 e. The molecule has 0 atom stereocenters. The Balaban J connectivity index is 2.73. The van der Waals surface area contributed by atoms with Gasteiger partial charge in [-0.15, -0.1) is 0 Å². The van der Waals surface area contributed by atoms with E-state index in [1.165, 1.54) is 20.3 Å². The molecule has 0 amide bonds. The van der Waals surface area contributed by atoms with Crippen molar-refractivity contribution in [3.63, 3.8) is 0 Å². The third-order valence-corrected chi connectivity index (χ3v) is 2.73. The minimum Gasteiger partial charge on any atom is -0.496 e. The summed E-state index contributed by atoms with van der Waals surface area (Å²) in [6, 6.07) is 10.1. The van der Waals surface area contributed by atoms with Crippen molar-refractivity contribution in [1.29, 1.82) is 0 Å². The fraction of sp³-hybridized carbons (Fsp3) is 0.143. The molecule has 0 aliphatic heterocycles. The van der Waals surface area contributed by atoms with Gasteiger partial charge in [-0.2, -0.15) is 0 Å². The first-order chi connectivity index (χ1) is 8.69. The zero-order valence-electron chi connectivity index (χ0n) is 10.2. The van der Waals surface area contributed by atoms with Crippen LogP contribution in [0.1, 0.15) is 0 Å². The summed E-state index contributed by atoms with van der Waals surface area (Å²) in [5, 5.41) is 0. The number of ether oxygens (including phenoxy) is 2. The molecular weight excluding hydrogens is 230 g/mol. The minimum absolute atomic E-state index is 0.0976. The van der Waals surface area contributed by atoms with Gasteiger partial charge in [0.05, 0.1) is 19.8 Å². The smallest absolute Gasteiger partial charge is 0.130 e. The van der Waals surface area contributed by atoms with Crippen LogP contribution in [-0.2, 0) is 0 Å². The first-order valence-corrected chi connectivity index (χ1v) is 5.44. The molecule has 2 aromatic rings. The lowest BCUT2D eigenvalue weighted by molar-refractivity contribution is 0.397. The molecule has 0 saturated heterocycles. The van der Waals surface area contributed by atoms with Gasteiger partial charge in [0, 0.05) is 5.56 Å². The van der Waals surface area contributed by atoms with Crippen LogP contribution in [0.3, 0.4) is 0 Å². The lowest BCUT2D eigenvalue weighted by atomic mass is 9.90. The molecule has 0 heterocycles. The summed E-state index contributed by atoms with van der Waals surface area (Å²) in [7, 11) is 8.64. The van der Waals surface area contributed by atoms with E-state index in [9.17, 15) is 4.39 Å². The molecule has 0 saturated carbocycles. The van der Waals surface area contributed by atoms with Crippen LogP contribution in [0.15, 0.2) is 36.4 Å². The highest BCUT2D eigenvalue weighted by atomic mass is 19.1. The van der Waals surface area contributed by atoms with Gasteiger partial charge in [-0.1, -0.05) is 29.7 Å². The van der Waals surface area contributed by atoms with Crippen LogP contribution in [0.25, 0.3) is 11.1 Å². The molecule has 0 aliphatic carbocycles. The summed E-state index contributed by atoms with van der Waals surface area (Å²) < 4.78 is 24.6. The van der Waals surface area contributed by atoms with Crippen molar-refractivity contribution >= 4 is 13.3 Å². The van der Waals surface area contributed by atoms with E-state index in [0.717, 1.165) is 0 Å². The number of benzene rings is 2. The van der Waals surface area contributed by atoms with Crippen LogP contribution < -0.4 is 14.9 Å². The second kappa shape index (κ2) is 5.13. The molecule has 18 heavy (non-hydrogen) atoms. The van der Waals surface area contributed by atoms with E-state index in [1.807, 2.05) is 0 Å². The van der Waals surface area contributed by atoms with Gasteiger partial charge < -0.3 is 9.47 Å². The average Bonchev–Trinajstić information content (AvgIpc) is 2.41. The number of hydrogen-bond donors (Lipinski definition) is 0. The number of methoxy groups -OCH3 is 2. The van der Waals surface area contributed by atoms with Crippen LogP contribution in [0.4, 0.5) is 4.39 Å². The van der Waals surface area contributed by atoms with Crippen molar-refractivity contribution in [1.82, 2.24) is 0 Å². The Hall–Kier alpha value is -1.97. The lowest BCUT2D eigenvalue weighted by Gasteiger charge is -2.14. The first kappa shape index (κ1) is 12.5. The Morgan fingerprint density at radius 2 is 1.50 bits per heavy atom. The highest BCUT2D eigenvalue weighted by Gasteiger charge is 2.16. The highest BCUT2D eigenvalue weighted by molar-refractivity contribution is 6.32. The normalized spacial score (nSPS) is 10.2. The Kier molecular flexibility index (Phi) is 3.56. The van der Waals surface area contributed by atoms with Crippen molar-refractivity contribution in [3.05, 3.63) is 42.2 Å². The number of rotatable bonds is 3. The molecule has 2 nitrogen and oxygen atoms in total. The van der Waals surface area contributed by atoms with E-state index >= 15 is 0 Å². The number of halogens is 1. The van der Waals surface area contributed by atoms with Crippen molar-refractivity contribution < 1.29 is 13.9 Å². The van der Waals surface area contributed by atoms with Crippen molar-refractivity contribution in [2.24, 2.45) is 0 Å². The van der Waals surface area contributed by atoms with Crippen molar-refractivity contribution in [2.45, 2.75) is 0 Å². The third-order valence-electron chi connectivity index (χ3n) is 2.73. The molecule has 0 aliphatic rings. The van der Waals surface area contributed by atoms with Crippen LogP contribution in [-0.4, -0.2) is 22.1 Å². The van der Waals surface area contributed by atoms with Crippen molar-refractivity contribution in [2.75, 3.05) is 14.2 Å². The van der Waals surface area contributed by atoms with E-state index in [-0.39, 0.29) is 5.46 Å². The summed E-state index contributed by atoms with van der Waals surface area (Å²) in [6.07, 6.45) is 0. The summed E-state index contributed by atoms with van der Waals surface area (Å²) >= 11 is 0. The SMILES string of the molecule is [B]c1cccc(-c2c(OC)cccc2OC)c1F. The molecule has 2 radical (unpaired) electrons. The van der Waals surface area contributed by atoms with Gasteiger partial charge in [-0.05, 0) is 12.1 Å². The molecule has 0 fully saturated rings. The highest BCUT2D eigenvalue weighted by Crippen LogP contribution is 2.38. The van der Waals surface area contributed by atoms with Gasteiger partial charge >= 0.3 is 0 Å². The maximum absolute atomic E-state index is 14.1. The molecule has 0 unspecified atom stereocenters. The van der Waals surface area contributed by atoms with Gasteiger partial charge in [-0.25, -0.2) is 4.39 Å². The summed E-state index contributed by atoms with van der Waals surface area (Å²) in [4.78, 5) is 0. The zero-order valence-corrected chi connectivity index (χ0v) is 10.2. The second-order valence-electron chi connectivity index (χ2n) is 3.75. The van der Waals surface area contributed by atoms with Crippen LogP contribution in [0, 0.1) is 5.82 Å². The quantitative estimate of drug-likeness (QED) is 0.769. The molecule has 0 N–H and O–H groups in total. The predicted octanol–water partition coefficient (Wildman–Crippen LogP) is 2.30. The van der Waals surface area contributed by atoms with Gasteiger partial charge in [0.1, 0.15) is 25.2 Å². The summed E-state index contributed by atoms with van der Waals surface area (Å²) in [5.41, 5.74) is 1.03. The van der Waals surface area contributed by atoms with Gasteiger partial charge in [0.15, 0.2) is 0 Å². The average molecular weight is 242 g/mol. The Bertz CT molecular complexity index is 547. The molecule has 0 aromatic heterocycles. The monoisotopic (exact) mass is 242 g/mol. The van der Waals surface area contributed by atoms with Crippen LogP contribution in [0.2, 0.25) is 0 Å². The van der Waals surface area contributed by atoms with E-state index in [4.69, 9.17) is 17.3 Å². The predicted molar refractivity (Wildman–Crippen MR) is 70.3 cm³/mol. The molecule has 2 aromatic carbocycles. The van der Waals surface area contributed by atoms with E-state index in [1.54, 1.807) is 30.3 Å². The standard InChI is InChI=1S/C14H12BFO2/c1-17-11-7-4-8-12(18-2)13(11)9-5-3-6-10(15)14(9)16/h3-8H,1-2H3. The second-order valence-corrected chi connectivity index (χ2v) is 3.75. The molecular formula is C14H12BFO2. The zero-order chi connectivity index (χ0) is 13.1. The van der Waals surface area contributed by atoms with Crippen molar-refractivity contribution in [3.8, 4) is 22.6 Å². The largest absolute Gasteiger partial charge is 0.496 e. The lowest BCUT2D eigenvalue weighted by Crippen LogP contribution is -2.09. The molecule has 4 heteroatoms. The van der Waals surface area contributed by atoms with Crippen LogP contribution in [0.5, 0.6) is 11.5 Å². The fourth-order valence-corrected chi connectivity index (χ4v) is 1.86. The Morgan fingerprint density at radius 3 is 2.06 bits per heavy atom. The van der Waals surface area contributed by atoms with Crippen LogP contribution >= 0.6 is 0 Å². The van der Waals surface area contributed by atoms with E-state index in [0.29, 0.717) is 22.6 Å². The molecule has 90 valence electrons. The Labute approximate surface area is 107 Å². The molecule has 0 bridgehead atoms. The number of hydrogen-bond acceptors (Lipinski definition) is 2. The Morgan fingerprint density at radius 1 is 0.944 bits per heavy atom. The third kappa shape index (κ3) is 2.06. The fourth-order valence-electron chi connectivity index (χ4n) is 1.86. The van der Waals surface area contributed by atoms with E-state index < -0.39 is 5.82 Å². The minimum atomic E-state index is -0.472. The van der Waals surface area contributed by atoms with Gasteiger partial charge in [0.25, 0.3) is 0 Å². The topological polar surface area (TPSA) is 18.5 Å². The summed E-state index contributed by atoms with van der Waals surface area (Å²) in [6.45, 7) is 0. The molecule has 0 spiro atoms.